The second-order valence-electron chi connectivity index (χ2n) is 5.61. The van der Waals surface area contributed by atoms with Crippen LogP contribution in [0.3, 0.4) is 0 Å². The quantitative estimate of drug-likeness (QED) is 0.762. The largest absolute Gasteiger partial charge is 0.292 e. The molecule has 3 heteroatoms. The summed E-state index contributed by atoms with van der Waals surface area (Å²) in [5.74, 6) is 0. The Morgan fingerprint density at radius 3 is 1.93 bits per heavy atom. The van der Waals surface area contributed by atoms with E-state index in [0.29, 0.717) is 12.1 Å². The van der Waals surface area contributed by atoms with Crippen molar-refractivity contribution in [1.82, 2.24) is 15.3 Å². The van der Waals surface area contributed by atoms with Crippen LogP contribution in [0.25, 0.3) is 0 Å². The predicted molar refractivity (Wildman–Crippen MR) is 63.6 cm³/mol. The van der Waals surface area contributed by atoms with Gasteiger partial charge in [0.2, 0.25) is 0 Å². The molecule has 0 aromatic carbocycles. The minimum Gasteiger partial charge on any atom is -0.292 e. The number of nitrogens with zero attached hydrogens (tertiary/aromatic N) is 2. The van der Waals surface area contributed by atoms with Crippen LogP contribution in [0.15, 0.2) is 0 Å². The Kier molecular flexibility index (Phi) is 3.33. The monoisotopic (exact) mass is 211 g/mol. The second-order valence-corrected chi connectivity index (χ2v) is 5.61. The van der Waals surface area contributed by atoms with Crippen LogP contribution in [0.1, 0.15) is 40.5 Å². The summed E-state index contributed by atoms with van der Waals surface area (Å²) in [6.45, 7) is 11.5. The van der Waals surface area contributed by atoms with Crippen molar-refractivity contribution in [2.24, 2.45) is 0 Å². The number of fused-ring (bicyclic) bond motifs is 2. The molecule has 2 atom stereocenters. The third-order valence-electron chi connectivity index (χ3n) is 3.58. The van der Waals surface area contributed by atoms with Crippen LogP contribution in [0.4, 0.5) is 0 Å². The molecule has 0 aromatic heterocycles. The first kappa shape index (κ1) is 11.4. The van der Waals surface area contributed by atoms with E-state index in [1.54, 1.807) is 0 Å². The van der Waals surface area contributed by atoms with Gasteiger partial charge in [0.15, 0.2) is 0 Å². The Labute approximate surface area is 93.8 Å². The molecule has 0 amide bonds. The van der Waals surface area contributed by atoms with Crippen LogP contribution < -0.4 is 5.43 Å². The molecular formula is C12H25N3. The standard InChI is InChI=1S/C12H25N3/c1-9(2)13-14-7-11-5-6-12(8-14)15(11)10(3)4/h9-13H,5-8H2,1-4H3/t11-,12+. The molecule has 0 unspecified atom stereocenters. The van der Waals surface area contributed by atoms with E-state index in [9.17, 15) is 0 Å². The highest BCUT2D eigenvalue weighted by atomic mass is 15.5. The first-order valence-corrected chi connectivity index (χ1v) is 6.36. The van der Waals surface area contributed by atoms with Gasteiger partial charge < -0.3 is 0 Å². The number of hydrazine groups is 1. The zero-order valence-corrected chi connectivity index (χ0v) is 10.5. The predicted octanol–water partition coefficient (Wildman–Crippen LogP) is 1.46. The number of nitrogens with one attached hydrogen (secondary N) is 1. The lowest BCUT2D eigenvalue weighted by atomic mass is 10.1. The third kappa shape index (κ3) is 2.35. The van der Waals surface area contributed by atoms with Gasteiger partial charge >= 0.3 is 0 Å². The van der Waals surface area contributed by atoms with Gasteiger partial charge in [-0.1, -0.05) is 0 Å². The Balaban J connectivity index is 1.96. The average Bonchev–Trinajstić information content (AvgIpc) is 2.38. The van der Waals surface area contributed by atoms with Gasteiger partial charge in [-0.05, 0) is 40.5 Å². The van der Waals surface area contributed by atoms with Crippen molar-refractivity contribution in [1.29, 1.82) is 0 Å². The molecule has 0 spiro atoms. The third-order valence-corrected chi connectivity index (χ3v) is 3.58. The minimum absolute atomic E-state index is 0.565. The zero-order chi connectivity index (χ0) is 11.0. The minimum atomic E-state index is 0.565. The summed E-state index contributed by atoms with van der Waals surface area (Å²) in [6.07, 6.45) is 2.78. The van der Waals surface area contributed by atoms with Crippen molar-refractivity contribution in [3.05, 3.63) is 0 Å². The molecule has 2 aliphatic heterocycles. The van der Waals surface area contributed by atoms with E-state index < -0.39 is 0 Å². The van der Waals surface area contributed by atoms with Crippen molar-refractivity contribution in [3.8, 4) is 0 Å². The van der Waals surface area contributed by atoms with Crippen molar-refractivity contribution in [3.63, 3.8) is 0 Å². The van der Waals surface area contributed by atoms with E-state index in [-0.39, 0.29) is 0 Å². The highest BCUT2D eigenvalue weighted by Gasteiger charge is 2.40. The second kappa shape index (κ2) is 4.40. The van der Waals surface area contributed by atoms with Crippen LogP contribution in [-0.4, -0.2) is 47.2 Å². The molecule has 0 aliphatic carbocycles. The Hall–Kier alpha value is -0.120. The molecule has 2 bridgehead atoms. The van der Waals surface area contributed by atoms with E-state index in [2.05, 4.69) is 43.0 Å². The van der Waals surface area contributed by atoms with Crippen LogP contribution >= 0.6 is 0 Å². The lowest BCUT2D eigenvalue weighted by Crippen LogP contribution is -2.60. The fraction of sp³-hybridized carbons (Fsp3) is 1.00. The molecule has 15 heavy (non-hydrogen) atoms. The van der Waals surface area contributed by atoms with E-state index >= 15 is 0 Å². The van der Waals surface area contributed by atoms with Gasteiger partial charge in [-0.3, -0.25) is 10.3 Å². The average molecular weight is 211 g/mol. The first-order chi connectivity index (χ1) is 7.08. The van der Waals surface area contributed by atoms with Gasteiger partial charge in [-0.15, -0.1) is 0 Å². The van der Waals surface area contributed by atoms with E-state index in [1.807, 2.05) is 0 Å². The number of rotatable bonds is 3. The van der Waals surface area contributed by atoms with Gasteiger partial charge in [-0.25, -0.2) is 5.01 Å². The SMILES string of the molecule is CC(C)NN1C[C@H]2CC[C@@H](C1)N2C(C)C. The lowest BCUT2D eigenvalue weighted by Gasteiger charge is -2.43. The van der Waals surface area contributed by atoms with E-state index in [0.717, 1.165) is 12.1 Å². The van der Waals surface area contributed by atoms with Gasteiger partial charge in [0.1, 0.15) is 0 Å². The molecule has 0 aromatic rings. The Morgan fingerprint density at radius 1 is 1.00 bits per heavy atom. The molecular weight excluding hydrogens is 186 g/mol. The molecule has 88 valence electrons. The smallest absolute Gasteiger partial charge is 0.0288 e. The Morgan fingerprint density at radius 2 is 1.53 bits per heavy atom. The fourth-order valence-electron chi connectivity index (χ4n) is 3.25. The molecule has 0 radical (unpaired) electrons. The van der Waals surface area contributed by atoms with Gasteiger partial charge in [0.25, 0.3) is 0 Å². The van der Waals surface area contributed by atoms with Crippen molar-refractivity contribution >= 4 is 0 Å². The van der Waals surface area contributed by atoms with Gasteiger partial charge in [0.05, 0.1) is 0 Å². The molecule has 1 N–H and O–H groups in total. The molecule has 2 saturated heterocycles. The molecule has 0 saturated carbocycles. The van der Waals surface area contributed by atoms with Crippen LogP contribution in [0.2, 0.25) is 0 Å². The normalized spacial score (nSPS) is 33.2. The van der Waals surface area contributed by atoms with Gasteiger partial charge in [-0.2, -0.15) is 0 Å². The molecule has 3 nitrogen and oxygen atoms in total. The van der Waals surface area contributed by atoms with Crippen molar-refractivity contribution in [2.45, 2.75) is 64.7 Å². The van der Waals surface area contributed by atoms with Crippen LogP contribution in [0, 0.1) is 0 Å². The maximum atomic E-state index is 3.55. The van der Waals surface area contributed by atoms with Crippen LogP contribution in [0.5, 0.6) is 0 Å². The summed E-state index contributed by atoms with van der Waals surface area (Å²) in [5.41, 5.74) is 3.55. The summed E-state index contributed by atoms with van der Waals surface area (Å²) < 4.78 is 0. The summed E-state index contributed by atoms with van der Waals surface area (Å²) in [5, 5.41) is 2.44. The maximum absolute atomic E-state index is 3.55. The van der Waals surface area contributed by atoms with Crippen LogP contribution in [-0.2, 0) is 0 Å². The summed E-state index contributed by atoms with van der Waals surface area (Å²) in [7, 11) is 0. The van der Waals surface area contributed by atoms with Crippen molar-refractivity contribution < 1.29 is 0 Å². The highest BCUT2D eigenvalue weighted by molar-refractivity contribution is 4.96. The fourth-order valence-corrected chi connectivity index (χ4v) is 3.25. The first-order valence-electron chi connectivity index (χ1n) is 6.36. The summed E-state index contributed by atoms with van der Waals surface area (Å²) in [6, 6.07) is 2.85. The maximum Gasteiger partial charge on any atom is 0.0288 e. The number of piperazine rings is 1. The van der Waals surface area contributed by atoms with E-state index in [4.69, 9.17) is 0 Å². The lowest BCUT2D eigenvalue weighted by molar-refractivity contribution is 0.0113. The molecule has 2 aliphatic rings. The topological polar surface area (TPSA) is 18.5 Å². The van der Waals surface area contributed by atoms with Gasteiger partial charge in [0, 0.05) is 37.3 Å². The Bertz CT molecular complexity index is 201. The zero-order valence-electron chi connectivity index (χ0n) is 10.5. The van der Waals surface area contributed by atoms with Crippen molar-refractivity contribution in [2.75, 3.05) is 13.1 Å². The summed E-state index contributed by atoms with van der Waals surface area (Å²) >= 11 is 0. The van der Waals surface area contributed by atoms with E-state index in [1.165, 1.54) is 25.9 Å². The summed E-state index contributed by atoms with van der Waals surface area (Å²) in [4.78, 5) is 2.72. The number of hydrogen-bond acceptors (Lipinski definition) is 3. The molecule has 2 fully saturated rings. The highest BCUT2D eigenvalue weighted by Crippen LogP contribution is 2.31. The number of hydrogen-bond donors (Lipinski definition) is 1. The molecule has 2 heterocycles. The molecule has 2 rings (SSSR count).